The van der Waals surface area contributed by atoms with Gasteiger partial charge in [-0.15, -0.1) is 12.6 Å². The van der Waals surface area contributed by atoms with Crippen molar-refractivity contribution in [1.82, 2.24) is 4.98 Å². The highest BCUT2D eigenvalue weighted by molar-refractivity contribution is 7.80. The molecule has 3 rings (SSSR count). The summed E-state index contributed by atoms with van der Waals surface area (Å²) in [7, 11) is 0. The highest BCUT2D eigenvalue weighted by atomic mass is 32.1. The van der Waals surface area contributed by atoms with Crippen molar-refractivity contribution in [2.75, 3.05) is 0 Å². The molecule has 1 heterocycles. The summed E-state index contributed by atoms with van der Waals surface area (Å²) in [6.07, 6.45) is 1.76. The molecular formula is C21H19FN2S. The minimum Gasteiger partial charge on any atom is -0.402 e. The van der Waals surface area contributed by atoms with Crippen LogP contribution in [0.3, 0.4) is 0 Å². The standard InChI is InChI=1S/C21H19FN2S/c1-13-11-19(22)21(24-20(13)12-14(2)23)17-5-3-15(4-6-17)16-7-9-18(25)10-8-16/h3-12,25H,23H2,1-2H3/b14-12-. The molecule has 2 aromatic carbocycles. The second-order valence-corrected chi connectivity index (χ2v) is 6.55. The van der Waals surface area contributed by atoms with Crippen molar-refractivity contribution in [3.63, 3.8) is 0 Å². The minimum atomic E-state index is -0.337. The molecule has 0 saturated carbocycles. The Labute approximate surface area is 152 Å². The van der Waals surface area contributed by atoms with E-state index in [0.717, 1.165) is 27.1 Å². The molecule has 0 spiro atoms. The van der Waals surface area contributed by atoms with E-state index in [2.05, 4.69) is 17.6 Å². The third-order valence-electron chi connectivity index (χ3n) is 3.93. The van der Waals surface area contributed by atoms with Crippen molar-refractivity contribution in [1.29, 1.82) is 0 Å². The lowest BCUT2D eigenvalue weighted by Gasteiger charge is -2.09. The Kier molecular flexibility index (Phi) is 4.91. The van der Waals surface area contributed by atoms with Gasteiger partial charge in [0.15, 0.2) is 0 Å². The van der Waals surface area contributed by atoms with Crippen LogP contribution in [0.25, 0.3) is 28.5 Å². The number of pyridine rings is 1. The van der Waals surface area contributed by atoms with Crippen molar-refractivity contribution >= 4 is 18.7 Å². The highest BCUT2D eigenvalue weighted by Crippen LogP contribution is 2.27. The smallest absolute Gasteiger partial charge is 0.149 e. The van der Waals surface area contributed by atoms with Crippen LogP contribution in [0.15, 0.2) is 65.2 Å². The zero-order chi connectivity index (χ0) is 18.0. The van der Waals surface area contributed by atoms with Crippen molar-refractivity contribution in [2.45, 2.75) is 18.7 Å². The Morgan fingerprint density at radius 1 is 1.00 bits per heavy atom. The van der Waals surface area contributed by atoms with Gasteiger partial charge in [0, 0.05) is 16.2 Å². The van der Waals surface area contributed by atoms with Gasteiger partial charge in [-0.1, -0.05) is 36.4 Å². The summed E-state index contributed by atoms with van der Waals surface area (Å²) in [5.41, 5.74) is 11.0. The van der Waals surface area contributed by atoms with Gasteiger partial charge in [0.25, 0.3) is 0 Å². The van der Waals surface area contributed by atoms with Crippen molar-refractivity contribution in [3.05, 3.63) is 77.4 Å². The number of halogens is 1. The first kappa shape index (κ1) is 17.2. The van der Waals surface area contributed by atoms with Crippen LogP contribution < -0.4 is 5.73 Å². The summed E-state index contributed by atoms with van der Waals surface area (Å²) in [5, 5.41) is 0. The van der Waals surface area contributed by atoms with E-state index < -0.39 is 0 Å². The van der Waals surface area contributed by atoms with Gasteiger partial charge in [-0.3, -0.25) is 0 Å². The van der Waals surface area contributed by atoms with E-state index in [0.29, 0.717) is 17.1 Å². The number of allylic oxidation sites excluding steroid dienone is 1. The summed E-state index contributed by atoms with van der Waals surface area (Å²) in [5.74, 6) is -0.337. The van der Waals surface area contributed by atoms with E-state index in [1.54, 1.807) is 13.0 Å². The molecule has 0 saturated heterocycles. The van der Waals surface area contributed by atoms with Gasteiger partial charge in [0.05, 0.1) is 5.69 Å². The molecule has 0 amide bonds. The van der Waals surface area contributed by atoms with Crippen molar-refractivity contribution in [3.8, 4) is 22.4 Å². The largest absolute Gasteiger partial charge is 0.402 e. The van der Waals surface area contributed by atoms with Crippen LogP contribution in [0.2, 0.25) is 0 Å². The number of rotatable bonds is 3. The Morgan fingerprint density at radius 2 is 1.52 bits per heavy atom. The fourth-order valence-electron chi connectivity index (χ4n) is 2.63. The maximum atomic E-state index is 14.4. The molecule has 4 heteroatoms. The van der Waals surface area contributed by atoms with Gasteiger partial charge in [-0.05, 0) is 54.8 Å². The molecule has 0 fully saturated rings. The van der Waals surface area contributed by atoms with Gasteiger partial charge in [-0.25, -0.2) is 9.37 Å². The number of thiol groups is 1. The van der Waals surface area contributed by atoms with Crippen molar-refractivity contribution in [2.24, 2.45) is 5.73 Å². The summed E-state index contributed by atoms with van der Waals surface area (Å²) in [6, 6.07) is 17.1. The molecule has 1 aromatic heterocycles. The van der Waals surface area contributed by atoms with Crippen molar-refractivity contribution < 1.29 is 4.39 Å². The first-order chi connectivity index (χ1) is 11.9. The average molecular weight is 350 g/mol. The molecular weight excluding hydrogens is 331 g/mol. The first-order valence-corrected chi connectivity index (χ1v) is 8.39. The number of nitrogens with zero attached hydrogens (tertiary/aromatic N) is 1. The molecule has 0 radical (unpaired) electrons. The lowest BCUT2D eigenvalue weighted by Crippen LogP contribution is -1.98. The molecule has 0 aliphatic heterocycles. The second kappa shape index (κ2) is 7.11. The third kappa shape index (κ3) is 3.91. The molecule has 2 N–H and O–H groups in total. The van der Waals surface area contributed by atoms with Gasteiger partial charge in [0.2, 0.25) is 0 Å². The monoisotopic (exact) mass is 350 g/mol. The molecule has 126 valence electrons. The molecule has 3 aromatic rings. The third-order valence-corrected chi connectivity index (χ3v) is 4.23. The van der Waals surface area contributed by atoms with E-state index >= 15 is 0 Å². The lowest BCUT2D eigenvalue weighted by molar-refractivity contribution is 0.624. The van der Waals surface area contributed by atoms with E-state index in [4.69, 9.17) is 5.73 Å². The van der Waals surface area contributed by atoms with Crippen LogP contribution in [-0.4, -0.2) is 4.98 Å². The quantitative estimate of drug-likeness (QED) is 0.615. The predicted molar refractivity (Wildman–Crippen MR) is 105 cm³/mol. The molecule has 0 atom stereocenters. The zero-order valence-electron chi connectivity index (χ0n) is 14.1. The Bertz CT molecular complexity index is 925. The highest BCUT2D eigenvalue weighted by Gasteiger charge is 2.11. The van der Waals surface area contributed by atoms with Crippen LogP contribution in [-0.2, 0) is 0 Å². The summed E-state index contributed by atoms with van der Waals surface area (Å²) >= 11 is 4.30. The van der Waals surface area contributed by atoms with Crippen LogP contribution >= 0.6 is 12.6 Å². The fraction of sp³-hybridized carbons (Fsp3) is 0.0952. The molecule has 0 unspecified atom stereocenters. The Hall–Kier alpha value is -2.59. The number of aromatic nitrogens is 1. The second-order valence-electron chi connectivity index (χ2n) is 6.03. The Balaban J connectivity index is 2.00. The molecule has 0 bridgehead atoms. The predicted octanol–water partition coefficient (Wildman–Crippen LogP) is 5.47. The summed E-state index contributed by atoms with van der Waals surface area (Å²) in [6.45, 7) is 3.61. The maximum Gasteiger partial charge on any atom is 0.149 e. The SMILES string of the molecule is C/C(N)=C/c1nc(-c2ccc(-c3ccc(S)cc3)cc2)c(F)cc1C. The zero-order valence-corrected chi connectivity index (χ0v) is 15.0. The normalized spacial score (nSPS) is 11.6. The van der Waals surface area contributed by atoms with Gasteiger partial charge in [0.1, 0.15) is 11.5 Å². The van der Waals surface area contributed by atoms with E-state index in [1.807, 2.05) is 55.5 Å². The molecule has 0 aliphatic rings. The van der Waals surface area contributed by atoms with E-state index in [9.17, 15) is 4.39 Å². The number of hydrogen-bond donors (Lipinski definition) is 2. The van der Waals surface area contributed by atoms with Crippen LogP contribution in [0, 0.1) is 12.7 Å². The number of aryl methyl sites for hydroxylation is 1. The van der Waals surface area contributed by atoms with Crippen LogP contribution in [0.5, 0.6) is 0 Å². The van der Waals surface area contributed by atoms with Gasteiger partial charge in [-0.2, -0.15) is 0 Å². The Morgan fingerprint density at radius 3 is 2.08 bits per heavy atom. The molecule has 2 nitrogen and oxygen atoms in total. The summed E-state index contributed by atoms with van der Waals surface area (Å²) < 4.78 is 14.4. The summed E-state index contributed by atoms with van der Waals surface area (Å²) in [4.78, 5) is 5.37. The number of nitrogens with two attached hydrogens (primary N) is 1. The van der Waals surface area contributed by atoms with E-state index in [-0.39, 0.29) is 5.82 Å². The van der Waals surface area contributed by atoms with Crippen LogP contribution in [0.4, 0.5) is 4.39 Å². The fourth-order valence-corrected chi connectivity index (χ4v) is 2.78. The van der Waals surface area contributed by atoms with Gasteiger partial charge < -0.3 is 5.73 Å². The van der Waals surface area contributed by atoms with Gasteiger partial charge >= 0.3 is 0 Å². The van der Waals surface area contributed by atoms with E-state index in [1.165, 1.54) is 6.07 Å². The van der Waals surface area contributed by atoms with Crippen LogP contribution in [0.1, 0.15) is 18.2 Å². The number of benzene rings is 2. The minimum absolute atomic E-state index is 0.329. The number of hydrogen-bond acceptors (Lipinski definition) is 3. The average Bonchev–Trinajstić information content (AvgIpc) is 2.58. The first-order valence-electron chi connectivity index (χ1n) is 7.95. The maximum absolute atomic E-state index is 14.4. The molecule has 25 heavy (non-hydrogen) atoms. The molecule has 0 aliphatic carbocycles. The lowest BCUT2D eigenvalue weighted by atomic mass is 10.0. The topological polar surface area (TPSA) is 38.9 Å².